The number of amides is 2. The van der Waals surface area contributed by atoms with Crippen molar-refractivity contribution < 1.29 is 19.1 Å². The third-order valence-corrected chi connectivity index (χ3v) is 9.51. The monoisotopic (exact) mass is 574 g/mol. The van der Waals surface area contributed by atoms with Gasteiger partial charge in [-0.3, -0.25) is 19.3 Å². The van der Waals surface area contributed by atoms with Gasteiger partial charge >= 0.3 is 5.97 Å². The fourth-order valence-corrected chi connectivity index (χ4v) is 6.93. The molecule has 1 aliphatic carbocycles. The molecule has 4 rings (SSSR count). The molecule has 1 aromatic carbocycles. The van der Waals surface area contributed by atoms with Crippen LogP contribution in [-0.4, -0.2) is 85.0 Å². The van der Waals surface area contributed by atoms with E-state index in [0.29, 0.717) is 62.5 Å². The van der Waals surface area contributed by atoms with E-state index in [4.69, 9.17) is 16.3 Å². The van der Waals surface area contributed by atoms with Gasteiger partial charge in [0.1, 0.15) is 6.04 Å². The zero-order valence-electron chi connectivity index (χ0n) is 24.4. The lowest BCUT2D eigenvalue weighted by Crippen LogP contribution is -2.61. The van der Waals surface area contributed by atoms with Crippen LogP contribution in [0, 0.1) is 11.3 Å². The van der Waals surface area contributed by atoms with Crippen molar-refractivity contribution in [2.75, 3.05) is 39.3 Å². The van der Waals surface area contributed by atoms with E-state index in [2.05, 4.69) is 29.4 Å². The van der Waals surface area contributed by atoms with Gasteiger partial charge in [-0.15, -0.1) is 0 Å². The molecule has 0 unspecified atom stereocenters. The minimum Gasteiger partial charge on any atom is -0.466 e. The smallest absolute Gasteiger partial charge is 0.312 e. The fourth-order valence-electron chi connectivity index (χ4n) is 6.80. The van der Waals surface area contributed by atoms with E-state index in [9.17, 15) is 14.4 Å². The number of piperazine rings is 1. The number of carbonyl (C=O) groups excluding carboxylic acids is 3. The standard InChI is InChI=1S/C31H47ClN4O4/c1-4-40-30(39)31(24-8-6-5-7-9-24)14-17-35(18-15-31)29(38)26(20-23-10-12-25(32)13-11-23)34-28(37)27-21-36(22(2)3)19-16-33-27/h10-13,22,24,26-27,33H,4-9,14-21H2,1-3H3,(H,34,37)/t26-,27+/m1/s1. The highest BCUT2D eigenvalue weighted by atomic mass is 35.5. The van der Waals surface area contributed by atoms with Gasteiger partial charge in [0.25, 0.3) is 0 Å². The molecule has 2 amide bonds. The molecule has 3 aliphatic rings. The minimum atomic E-state index is -0.699. The summed E-state index contributed by atoms with van der Waals surface area (Å²) in [5.41, 5.74) is 0.414. The molecule has 2 atom stereocenters. The highest BCUT2D eigenvalue weighted by Gasteiger charge is 2.49. The van der Waals surface area contributed by atoms with E-state index in [1.54, 1.807) is 0 Å². The van der Waals surface area contributed by atoms with E-state index in [-0.39, 0.29) is 23.8 Å². The molecule has 1 saturated carbocycles. The topological polar surface area (TPSA) is 91.0 Å². The Balaban J connectivity index is 1.48. The molecule has 9 heteroatoms. The van der Waals surface area contributed by atoms with Gasteiger partial charge in [-0.05, 0) is 70.1 Å². The molecule has 8 nitrogen and oxygen atoms in total. The number of halogens is 1. The van der Waals surface area contributed by atoms with Gasteiger partial charge in [0.2, 0.25) is 11.8 Å². The Bertz CT molecular complexity index is 1000. The molecule has 2 N–H and O–H groups in total. The number of rotatable bonds is 9. The summed E-state index contributed by atoms with van der Waals surface area (Å²) in [4.78, 5) is 44.8. The summed E-state index contributed by atoms with van der Waals surface area (Å²) in [5.74, 6) is -0.0415. The maximum absolute atomic E-state index is 14.0. The molecule has 1 aromatic rings. The molecule has 40 heavy (non-hydrogen) atoms. The van der Waals surface area contributed by atoms with Crippen LogP contribution in [0.4, 0.5) is 0 Å². The fraction of sp³-hybridized carbons (Fsp3) is 0.710. The van der Waals surface area contributed by atoms with E-state index >= 15 is 0 Å². The first-order valence-electron chi connectivity index (χ1n) is 15.2. The first kappa shape index (κ1) is 30.8. The number of hydrogen-bond acceptors (Lipinski definition) is 6. The number of benzene rings is 1. The van der Waals surface area contributed by atoms with Crippen LogP contribution >= 0.6 is 11.6 Å². The van der Waals surface area contributed by atoms with E-state index in [1.807, 2.05) is 36.1 Å². The van der Waals surface area contributed by atoms with Crippen LogP contribution in [0.3, 0.4) is 0 Å². The lowest BCUT2D eigenvalue weighted by atomic mass is 9.63. The van der Waals surface area contributed by atoms with Crippen LogP contribution in [0.2, 0.25) is 5.02 Å². The maximum Gasteiger partial charge on any atom is 0.312 e. The number of nitrogens with zero attached hydrogens (tertiary/aromatic N) is 2. The predicted molar refractivity (Wildman–Crippen MR) is 157 cm³/mol. The number of esters is 1. The van der Waals surface area contributed by atoms with Crippen molar-refractivity contribution in [1.29, 1.82) is 0 Å². The van der Waals surface area contributed by atoms with Gasteiger partial charge < -0.3 is 20.3 Å². The predicted octanol–water partition coefficient (Wildman–Crippen LogP) is 3.80. The largest absolute Gasteiger partial charge is 0.466 e. The summed E-state index contributed by atoms with van der Waals surface area (Å²) in [7, 11) is 0. The van der Waals surface area contributed by atoms with Crippen molar-refractivity contribution in [3.63, 3.8) is 0 Å². The summed E-state index contributed by atoms with van der Waals surface area (Å²) in [6.07, 6.45) is 7.20. The van der Waals surface area contributed by atoms with Crippen LogP contribution in [0.5, 0.6) is 0 Å². The summed E-state index contributed by atoms with van der Waals surface area (Å²) in [5, 5.41) is 7.04. The van der Waals surface area contributed by atoms with Crippen molar-refractivity contribution >= 4 is 29.4 Å². The van der Waals surface area contributed by atoms with Crippen molar-refractivity contribution in [3.05, 3.63) is 34.9 Å². The Morgan fingerprint density at radius 3 is 2.38 bits per heavy atom. The van der Waals surface area contributed by atoms with Crippen LogP contribution < -0.4 is 10.6 Å². The average molecular weight is 575 g/mol. The third-order valence-electron chi connectivity index (χ3n) is 9.26. The molecular weight excluding hydrogens is 528 g/mol. The molecule has 0 spiro atoms. The maximum atomic E-state index is 14.0. The van der Waals surface area contributed by atoms with E-state index < -0.39 is 11.5 Å². The number of piperidine rings is 1. The summed E-state index contributed by atoms with van der Waals surface area (Å²) >= 11 is 6.10. The molecular formula is C31H47ClN4O4. The second kappa shape index (κ2) is 14.1. The number of carbonyl (C=O) groups is 3. The molecule has 0 radical (unpaired) electrons. The van der Waals surface area contributed by atoms with Gasteiger partial charge in [-0.1, -0.05) is 43.0 Å². The van der Waals surface area contributed by atoms with Crippen LogP contribution in [-0.2, 0) is 25.5 Å². The van der Waals surface area contributed by atoms with Crippen molar-refractivity contribution in [3.8, 4) is 0 Å². The highest BCUT2D eigenvalue weighted by Crippen LogP contribution is 2.47. The lowest BCUT2D eigenvalue weighted by molar-refractivity contribution is -0.166. The minimum absolute atomic E-state index is 0.0964. The second-order valence-corrected chi connectivity index (χ2v) is 12.5. The van der Waals surface area contributed by atoms with Gasteiger partial charge in [0.15, 0.2) is 0 Å². The Labute approximate surface area is 244 Å². The molecule has 3 fully saturated rings. The Kier molecular flexibility index (Phi) is 10.9. The molecule has 2 saturated heterocycles. The second-order valence-electron chi connectivity index (χ2n) is 12.0. The van der Waals surface area contributed by atoms with Crippen molar-refractivity contribution in [2.45, 2.75) is 90.3 Å². The average Bonchev–Trinajstić information content (AvgIpc) is 2.98. The zero-order chi connectivity index (χ0) is 28.7. The SMILES string of the molecule is CCOC(=O)C1(C2CCCCC2)CCN(C(=O)[C@@H](Cc2ccc(Cl)cc2)NC(=O)[C@@H]2CN(C(C)C)CCN2)CC1. The van der Waals surface area contributed by atoms with Crippen LogP contribution in [0.1, 0.15) is 71.3 Å². The summed E-state index contributed by atoms with van der Waals surface area (Å²) < 4.78 is 5.59. The molecule has 2 aliphatic heterocycles. The first-order valence-corrected chi connectivity index (χ1v) is 15.6. The Morgan fingerprint density at radius 2 is 1.75 bits per heavy atom. The van der Waals surface area contributed by atoms with Gasteiger partial charge in [0.05, 0.1) is 18.1 Å². The van der Waals surface area contributed by atoms with Crippen molar-refractivity contribution in [2.24, 2.45) is 11.3 Å². The normalized spacial score (nSPS) is 23.0. The number of likely N-dealkylation sites (tertiary alicyclic amines) is 1. The van der Waals surface area contributed by atoms with Gasteiger partial charge in [-0.2, -0.15) is 0 Å². The zero-order valence-corrected chi connectivity index (χ0v) is 25.2. The third kappa shape index (κ3) is 7.37. The molecule has 0 bridgehead atoms. The highest BCUT2D eigenvalue weighted by molar-refractivity contribution is 6.30. The molecule has 0 aromatic heterocycles. The van der Waals surface area contributed by atoms with Gasteiger partial charge in [0, 0.05) is 50.2 Å². The Hall–Kier alpha value is -2.16. The first-order chi connectivity index (χ1) is 19.2. The van der Waals surface area contributed by atoms with Crippen LogP contribution in [0.15, 0.2) is 24.3 Å². The quantitative estimate of drug-likeness (QED) is 0.436. The molecule has 222 valence electrons. The summed E-state index contributed by atoms with van der Waals surface area (Å²) in [6, 6.07) is 6.69. The Morgan fingerprint density at radius 1 is 1.07 bits per heavy atom. The molecule has 2 heterocycles. The van der Waals surface area contributed by atoms with E-state index in [1.165, 1.54) is 6.42 Å². The van der Waals surface area contributed by atoms with E-state index in [0.717, 1.165) is 44.3 Å². The number of hydrogen-bond donors (Lipinski definition) is 2. The van der Waals surface area contributed by atoms with Crippen molar-refractivity contribution in [1.82, 2.24) is 20.4 Å². The number of nitrogens with one attached hydrogen (secondary N) is 2. The summed E-state index contributed by atoms with van der Waals surface area (Å²) in [6.45, 7) is 9.71. The van der Waals surface area contributed by atoms with Crippen LogP contribution in [0.25, 0.3) is 0 Å². The van der Waals surface area contributed by atoms with Gasteiger partial charge in [-0.25, -0.2) is 0 Å². The number of ether oxygens (including phenoxy) is 1. The lowest BCUT2D eigenvalue weighted by Gasteiger charge is -2.46.